The van der Waals surface area contributed by atoms with Gasteiger partial charge in [-0.05, 0) is 35.9 Å². The lowest BCUT2D eigenvalue weighted by Gasteiger charge is -2.08. The molecule has 3 rings (SSSR count). The molecule has 2 aromatic heterocycles. The Labute approximate surface area is 144 Å². The van der Waals surface area contributed by atoms with Crippen LogP contribution in [0.4, 0.5) is 0 Å². The number of benzene rings is 1. The van der Waals surface area contributed by atoms with E-state index in [9.17, 15) is 0 Å². The van der Waals surface area contributed by atoms with E-state index in [1.807, 2.05) is 36.4 Å². The van der Waals surface area contributed by atoms with Crippen LogP contribution >= 0.6 is 12.2 Å². The van der Waals surface area contributed by atoms with Gasteiger partial charge >= 0.3 is 0 Å². The Morgan fingerprint density at radius 1 is 1.21 bits per heavy atom. The molecule has 6 nitrogen and oxygen atoms in total. The molecule has 0 radical (unpaired) electrons. The summed E-state index contributed by atoms with van der Waals surface area (Å²) in [6, 6.07) is 9.29. The third-order valence-electron chi connectivity index (χ3n) is 3.50. The van der Waals surface area contributed by atoms with Crippen LogP contribution < -0.4 is 15.2 Å². The lowest BCUT2D eigenvalue weighted by molar-refractivity contribution is 0.355. The maximum absolute atomic E-state index is 5.89. The van der Waals surface area contributed by atoms with Gasteiger partial charge in [0.2, 0.25) is 0 Å². The van der Waals surface area contributed by atoms with Gasteiger partial charge in [0.25, 0.3) is 0 Å². The maximum atomic E-state index is 5.89. The van der Waals surface area contributed by atoms with E-state index in [0.29, 0.717) is 28.5 Å². The first-order valence-electron chi connectivity index (χ1n) is 7.17. The summed E-state index contributed by atoms with van der Waals surface area (Å²) < 4.78 is 10.6. The fourth-order valence-corrected chi connectivity index (χ4v) is 2.49. The van der Waals surface area contributed by atoms with E-state index < -0.39 is 0 Å². The fourth-order valence-electron chi connectivity index (χ4n) is 2.34. The average molecular weight is 340 g/mol. The molecule has 0 bridgehead atoms. The predicted molar refractivity (Wildman–Crippen MR) is 98.1 cm³/mol. The number of fused-ring (bicyclic) bond motifs is 1. The molecule has 0 saturated carbocycles. The minimum Gasteiger partial charge on any atom is -0.493 e. The first-order chi connectivity index (χ1) is 11.6. The van der Waals surface area contributed by atoms with Gasteiger partial charge in [-0.25, -0.2) is 9.97 Å². The van der Waals surface area contributed by atoms with Gasteiger partial charge in [0.1, 0.15) is 10.8 Å². The van der Waals surface area contributed by atoms with Crippen LogP contribution in [0.25, 0.3) is 22.8 Å². The first-order valence-corrected chi connectivity index (χ1v) is 7.58. The highest BCUT2D eigenvalue weighted by Crippen LogP contribution is 2.29. The molecule has 1 aromatic carbocycles. The van der Waals surface area contributed by atoms with Crippen molar-refractivity contribution in [2.24, 2.45) is 5.73 Å². The molecule has 0 fully saturated rings. The largest absolute Gasteiger partial charge is 0.493 e. The summed E-state index contributed by atoms with van der Waals surface area (Å²) in [7, 11) is 3.18. The second kappa shape index (κ2) is 6.67. The number of aromatic amines is 1. The lowest BCUT2D eigenvalue weighted by atomic mass is 10.1. The molecule has 2 heterocycles. The van der Waals surface area contributed by atoms with E-state index in [1.54, 1.807) is 20.4 Å². The third-order valence-corrected chi connectivity index (χ3v) is 3.72. The van der Waals surface area contributed by atoms with E-state index in [4.69, 9.17) is 27.4 Å². The molecule has 0 aliphatic carbocycles. The van der Waals surface area contributed by atoms with Crippen molar-refractivity contribution in [3.8, 4) is 11.5 Å². The number of hydrogen-bond acceptors (Lipinski definition) is 5. The van der Waals surface area contributed by atoms with Crippen molar-refractivity contribution in [2.75, 3.05) is 14.2 Å². The SMILES string of the molecule is COc1ccc(/C=C(/C(N)=S)c2nc3ncccc3[nH]2)cc1OC. The number of thiocarbonyl (C=S) groups is 1. The molecule has 0 unspecified atom stereocenters. The second-order valence-corrected chi connectivity index (χ2v) is 5.44. The topological polar surface area (TPSA) is 86.0 Å². The Kier molecular flexibility index (Phi) is 4.43. The van der Waals surface area contributed by atoms with Crippen molar-refractivity contribution in [1.82, 2.24) is 15.0 Å². The number of nitrogens with two attached hydrogens (primary N) is 1. The van der Waals surface area contributed by atoms with Gasteiger partial charge in [0, 0.05) is 6.20 Å². The van der Waals surface area contributed by atoms with Crippen LogP contribution in [0, 0.1) is 0 Å². The number of aromatic nitrogens is 3. The molecule has 7 heteroatoms. The smallest absolute Gasteiger partial charge is 0.178 e. The highest BCUT2D eigenvalue weighted by molar-refractivity contribution is 7.81. The Morgan fingerprint density at radius 3 is 2.67 bits per heavy atom. The number of hydrogen-bond donors (Lipinski definition) is 2. The van der Waals surface area contributed by atoms with Gasteiger partial charge in [-0.1, -0.05) is 18.3 Å². The second-order valence-electron chi connectivity index (χ2n) is 5.00. The van der Waals surface area contributed by atoms with Gasteiger partial charge < -0.3 is 20.2 Å². The number of nitrogens with one attached hydrogen (secondary N) is 1. The molecule has 0 saturated heterocycles. The molecule has 0 spiro atoms. The molecule has 0 amide bonds. The van der Waals surface area contributed by atoms with E-state index in [2.05, 4.69) is 15.0 Å². The van der Waals surface area contributed by atoms with Crippen molar-refractivity contribution in [3.05, 3.63) is 47.9 Å². The summed E-state index contributed by atoms with van der Waals surface area (Å²) in [4.78, 5) is 12.1. The lowest BCUT2D eigenvalue weighted by Crippen LogP contribution is -2.11. The molecular weight excluding hydrogens is 324 g/mol. The number of ether oxygens (including phenoxy) is 2. The highest BCUT2D eigenvalue weighted by atomic mass is 32.1. The van der Waals surface area contributed by atoms with E-state index in [-0.39, 0.29) is 4.99 Å². The summed E-state index contributed by atoms with van der Waals surface area (Å²) in [5, 5.41) is 0. The molecule has 24 heavy (non-hydrogen) atoms. The van der Waals surface area contributed by atoms with Crippen molar-refractivity contribution < 1.29 is 9.47 Å². The van der Waals surface area contributed by atoms with Gasteiger partial charge in [-0.15, -0.1) is 0 Å². The number of rotatable bonds is 5. The zero-order valence-corrected chi connectivity index (χ0v) is 14.1. The Balaban J connectivity index is 2.07. The van der Waals surface area contributed by atoms with Crippen molar-refractivity contribution in [3.63, 3.8) is 0 Å². The molecule has 0 atom stereocenters. The number of H-pyrrole nitrogens is 1. The van der Waals surface area contributed by atoms with E-state index in [0.717, 1.165) is 11.1 Å². The van der Waals surface area contributed by atoms with Gasteiger partial charge in [0.15, 0.2) is 17.1 Å². The fraction of sp³-hybridized carbons (Fsp3) is 0.118. The Hall–Kier alpha value is -2.93. The molecule has 122 valence electrons. The molecule has 3 aromatic rings. The summed E-state index contributed by atoms with van der Waals surface area (Å²) in [5.74, 6) is 1.85. The molecule has 3 N–H and O–H groups in total. The van der Waals surface area contributed by atoms with Crippen LogP contribution in [0.15, 0.2) is 36.5 Å². The first kappa shape index (κ1) is 15.9. The van der Waals surface area contributed by atoms with E-state index >= 15 is 0 Å². The summed E-state index contributed by atoms with van der Waals surface area (Å²) in [6.45, 7) is 0. The summed E-state index contributed by atoms with van der Waals surface area (Å²) >= 11 is 5.19. The highest BCUT2D eigenvalue weighted by Gasteiger charge is 2.12. The predicted octanol–water partition coefficient (Wildman–Crippen LogP) is 2.80. The third kappa shape index (κ3) is 3.07. The summed E-state index contributed by atoms with van der Waals surface area (Å²) in [5.41, 5.74) is 8.81. The normalized spacial score (nSPS) is 11.5. The molecule has 0 aliphatic rings. The number of imidazole rings is 1. The van der Waals surface area contributed by atoms with Crippen LogP contribution in [-0.2, 0) is 0 Å². The zero-order chi connectivity index (χ0) is 17.1. The average Bonchev–Trinajstić information content (AvgIpc) is 3.02. The monoisotopic (exact) mass is 340 g/mol. The van der Waals surface area contributed by atoms with E-state index in [1.165, 1.54) is 0 Å². The van der Waals surface area contributed by atoms with Crippen LogP contribution in [0.3, 0.4) is 0 Å². The maximum Gasteiger partial charge on any atom is 0.178 e. The van der Waals surface area contributed by atoms with Gasteiger partial charge in [0.05, 0.1) is 25.3 Å². The standard InChI is InChI=1S/C17H16N4O2S/c1-22-13-6-5-10(9-14(13)23-2)8-11(15(18)24)16-20-12-4-3-7-19-17(12)21-16/h3-9H,1-2H3,(H2,18,24)(H,19,20,21)/b11-8-. The number of pyridine rings is 1. The van der Waals surface area contributed by atoms with Crippen LogP contribution in [0.5, 0.6) is 11.5 Å². The zero-order valence-electron chi connectivity index (χ0n) is 13.2. The Bertz CT molecular complexity index is 900. The minimum atomic E-state index is 0.240. The van der Waals surface area contributed by atoms with Gasteiger partial charge in [-0.2, -0.15) is 0 Å². The molecule has 0 aliphatic heterocycles. The van der Waals surface area contributed by atoms with Crippen molar-refractivity contribution in [1.29, 1.82) is 0 Å². The van der Waals surface area contributed by atoms with Crippen molar-refractivity contribution >= 4 is 40.0 Å². The minimum absolute atomic E-state index is 0.240. The number of nitrogens with zero attached hydrogens (tertiary/aromatic N) is 2. The van der Waals surface area contributed by atoms with Gasteiger partial charge in [-0.3, -0.25) is 0 Å². The van der Waals surface area contributed by atoms with Crippen LogP contribution in [-0.4, -0.2) is 34.2 Å². The van der Waals surface area contributed by atoms with Crippen molar-refractivity contribution in [2.45, 2.75) is 0 Å². The van der Waals surface area contributed by atoms with Crippen LogP contribution in [0.1, 0.15) is 11.4 Å². The summed E-state index contributed by atoms with van der Waals surface area (Å²) in [6.07, 6.45) is 3.54. The molecular formula is C17H16N4O2S. The number of methoxy groups -OCH3 is 2. The Morgan fingerprint density at radius 2 is 2.00 bits per heavy atom. The quantitative estimate of drug-likeness (QED) is 0.549. The van der Waals surface area contributed by atoms with Crippen LogP contribution in [0.2, 0.25) is 0 Å².